The van der Waals surface area contributed by atoms with E-state index in [1.807, 2.05) is 55.7 Å². The molecule has 0 saturated carbocycles. The summed E-state index contributed by atoms with van der Waals surface area (Å²) in [6.45, 7) is 7.12. The maximum atomic E-state index is 11.6. The zero-order valence-corrected chi connectivity index (χ0v) is 14.7. The molecule has 0 aliphatic carbocycles. The highest BCUT2D eigenvalue weighted by molar-refractivity contribution is 5.69. The number of hydrogen-bond acceptors (Lipinski definition) is 5. The highest BCUT2D eigenvalue weighted by Gasteiger charge is 2.15. The van der Waals surface area contributed by atoms with Gasteiger partial charge >= 0.3 is 5.97 Å². The van der Waals surface area contributed by atoms with Crippen LogP contribution in [-0.2, 0) is 16.1 Å². The molecule has 0 aliphatic heterocycles. The Balaban J connectivity index is 1.67. The number of aromatic nitrogens is 3. The van der Waals surface area contributed by atoms with Gasteiger partial charge in [-0.1, -0.05) is 18.2 Å². The number of para-hydroxylation sites is 1. The largest absolute Gasteiger partial charge is 0.460 e. The highest BCUT2D eigenvalue weighted by Crippen LogP contribution is 2.10. The van der Waals surface area contributed by atoms with E-state index in [1.165, 1.54) is 0 Å². The summed E-state index contributed by atoms with van der Waals surface area (Å²) in [7, 11) is 0. The molecular formula is C18H26N4O2. The van der Waals surface area contributed by atoms with Crippen LogP contribution in [0.2, 0.25) is 0 Å². The second-order valence-electron chi connectivity index (χ2n) is 6.67. The van der Waals surface area contributed by atoms with Crippen molar-refractivity contribution in [1.82, 2.24) is 20.1 Å². The van der Waals surface area contributed by atoms with E-state index in [0.717, 1.165) is 30.9 Å². The van der Waals surface area contributed by atoms with Crippen LogP contribution in [0.3, 0.4) is 0 Å². The molecule has 0 radical (unpaired) electrons. The molecule has 0 atom stereocenters. The van der Waals surface area contributed by atoms with Gasteiger partial charge < -0.3 is 10.1 Å². The van der Waals surface area contributed by atoms with E-state index in [1.54, 1.807) is 6.33 Å². The van der Waals surface area contributed by atoms with Crippen LogP contribution in [-0.4, -0.2) is 32.9 Å². The molecule has 24 heavy (non-hydrogen) atoms. The number of carbonyl (C=O) groups excluding carboxylic acids is 1. The molecule has 6 heteroatoms. The van der Waals surface area contributed by atoms with Crippen LogP contribution < -0.4 is 5.32 Å². The van der Waals surface area contributed by atoms with Gasteiger partial charge in [0, 0.05) is 12.1 Å². The lowest BCUT2D eigenvalue weighted by atomic mass is 10.2. The minimum atomic E-state index is -0.406. The summed E-state index contributed by atoms with van der Waals surface area (Å²) in [6.07, 6.45) is 3.90. The first kappa shape index (κ1) is 18.1. The zero-order valence-electron chi connectivity index (χ0n) is 14.7. The van der Waals surface area contributed by atoms with Gasteiger partial charge in [-0.2, -0.15) is 0 Å². The van der Waals surface area contributed by atoms with Crippen molar-refractivity contribution in [3.8, 4) is 5.69 Å². The number of rotatable bonds is 8. The minimum absolute atomic E-state index is 0.133. The van der Waals surface area contributed by atoms with Crippen molar-refractivity contribution in [2.75, 3.05) is 6.54 Å². The van der Waals surface area contributed by atoms with Gasteiger partial charge in [0.1, 0.15) is 11.9 Å². The van der Waals surface area contributed by atoms with Crippen LogP contribution >= 0.6 is 0 Å². The Morgan fingerprint density at radius 2 is 1.96 bits per heavy atom. The van der Waals surface area contributed by atoms with Gasteiger partial charge in [-0.25, -0.2) is 0 Å². The zero-order chi connectivity index (χ0) is 17.4. The minimum Gasteiger partial charge on any atom is -0.460 e. The fraction of sp³-hybridized carbons (Fsp3) is 0.500. The van der Waals surface area contributed by atoms with Gasteiger partial charge in [-0.05, 0) is 52.3 Å². The summed E-state index contributed by atoms with van der Waals surface area (Å²) in [4.78, 5) is 11.6. The van der Waals surface area contributed by atoms with E-state index >= 15 is 0 Å². The van der Waals surface area contributed by atoms with Crippen LogP contribution in [0, 0.1) is 0 Å². The molecule has 2 aromatic rings. The van der Waals surface area contributed by atoms with Crippen molar-refractivity contribution in [3.05, 3.63) is 42.5 Å². The molecule has 1 aromatic carbocycles. The third kappa shape index (κ3) is 6.12. The molecule has 130 valence electrons. The summed E-state index contributed by atoms with van der Waals surface area (Å²) < 4.78 is 7.25. The van der Waals surface area contributed by atoms with Crippen LogP contribution in [0.5, 0.6) is 0 Å². The highest BCUT2D eigenvalue weighted by atomic mass is 16.6. The van der Waals surface area contributed by atoms with Crippen LogP contribution in [0.25, 0.3) is 5.69 Å². The van der Waals surface area contributed by atoms with Gasteiger partial charge in [0.05, 0.1) is 6.54 Å². The molecule has 6 nitrogen and oxygen atoms in total. The fourth-order valence-corrected chi connectivity index (χ4v) is 2.30. The average Bonchev–Trinajstić information content (AvgIpc) is 2.98. The maximum Gasteiger partial charge on any atom is 0.306 e. The second kappa shape index (κ2) is 8.59. The molecule has 0 spiro atoms. The first-order chi connectivity index (χ1) is 11.5. The predicted octanol–water partition coefficient (Wildman–Crippen LogP) is 2.87. The Hall–Kier alpha value is -2.21. The van der Waals surface area contributed by atoms with Crippen molar-refractivity contribution in [2.24, 2.45) is 0 Å². The summed E-state index contributed by atoms with van der Waals surface area (Å²) in [5, 5.41) is 11.5. The summed E-state index contributed by atoms with van der Waals surface area (Å²) in [6, 6.07) is 10.0. The van der Waals surface area contributed by atoms with E-state index in [-0.39, 0.29) is 5.97 Å². The lowest BCUT2D eigenvalue weighted by Gasteiger charge is -2.19. The number of nitrogens with zero attached hydrogens (tertiary/aromatic N) is 3. The number of unbranched alkanes of at least 4 members (excludes halogenated alkanes) is 1. The molecule has 0 amide bonds. The van der Waals surface area contributed by atoms with Gasteiger partial charge in [0.2, 0.25) is 0 Å². The number of carbonyl (C=O) groups is 1. The average molecular weight is 330 g/mol. The summed E-state index contributed by atoms with van der Waals surface area (Å²) in [5.74, 6) is 0.736. The standard InChI is InChI=1S/C18H26N4O2/c1-18(2,3)24-17(23)11-7-8-12-19-13-16-21-20-14-22(16)15-9-5-4-6-10-15/h4-6,9-10,14,19H,7-8,11-13H2,1-3H3. The van der Waals surface area contributed by atoms with E-state index in [2.05, 4.69) is 15.5 Å². The fourth-order valence-electron chi connectivity index (χ4n) is 2.30. The van der Waals surface area contributed by atoms with Crippen molar-refractivity contribution >= 4 is 5.97 Å². The smallest absolute Gasteiger partial charge is 0.306 e. The third-order valence-electron chi connectivity index (χ3n) is 3.34. The predicted molar refractivity (Wildman–Crippen MR) is 92.8 cm³/mol. The number of hydrogen-bond donors (Lipinski definition) is 1. The summed E-state index contributed by atoms with van der Waals surface area (Å²) >= 11 is 0. The number of esters is 1. The number of benzene rings is 1. The van der Waals surface area contributed by atoms with Crippen LogP contribution in [0.4, 0.5) is 0 Å². The van der Waals surface area contributed by atoms with Crippen molar-refractivity contribution in [2.45, 2.75) is 52.2 Å². The molecule has 0 aliphatic rings. The first-order valence-electron chi connectivity index (χ1n) is 8.32. The third-order valence-corrected chi connectivity index (χ3v) is 3.34. The van der Waals surface area contributed by atoms with Crippen molar-refractivity contribution in [1.29, 1.82) is 0 Å². The van der Waals surface area contributed by atoms with Gasteiger partial charge in [0.25, 0.3) is 0 Å². The lowest BCUT2D eigenvalue weighted by Crippen LogP contribution is -2.24. The molecule has 1 heterocycles. The normalized spacial score (nSPS) is 11.5. The van der Waals surface area contributed by atoms with Gasteiger partial charge in [0.15, 0.2) is 5.82 Å². The van der Waals surface area contributed by atoms with Gasteiger partial charge in [-0.15, -0.1) is 10.2 Å². The maximum absolute atomic E-state index is 11.6. The molecule has 1 aromatic heterocycles. The number of nitrogens with one attached hydrogen (secondary N) is 1. The summed E-state index contributed by atoms with van der Waals surface area (Å²) in [5.41, 5.74) is 0.640. The second-order valence-corrected chi connectivity index (χ2v) is 6.67. The van der Waals surface area contributed by atoms with Gasteiger partial charge in [-0.3, -0.25) is 9.36 Å². The Labute approximate surface area is 143 Å². The number of ether oxygens (including phenoxy) is 1. The first-order valence-corrected chi connectivity index (χ1v) is 8.32. The van der Waals surface area contributed by atoms with Crippen LogP contribution in [0.15, 0.2) is 36.7 Å². The Bertz CT molecular complexity index is 632. The van der Waals surface area contributed by atoms with Crippen LogP contribution in [0.1, 0.15) is 45.9 Å². The van der Waals surface area contributed by atoms with Crippen molar-refractivity contribution in [3.63, 3.8) is 0 Å². The van der Waals surface area contributed by atoms with E-state index < -0.39 is 5.60 Å². The quantitative estimate of drug-likeness (QED) is 0.595. The van der Waals surface area contributed by atoms with Crippen molar-refractivity contribution < 1.29 is 9.53 Å². The Morgan fingerprint density at radius 1 is 1.21 bits per heavy atom. The monoisotopic (exact) mass is 330 g/mol. The molecular weight excluding hydrogens is 304 g/mol. The van der Waals surface area contributed by atoms with E-state index in [0.29, 0.717) is 13.0 Å². The SMILES string of the molecule is CC(C)(C)OC(=O)CCCCNCc1nncn1-c1ccccc1. The lowest BCUT2D eigenvalue weighted by molar-refractivity contribution is -0.154. The van der Waals surface area contributed by atoms with E-state index in [4.69, 9.17) is 4.74 Å². The molecule has 0 bridgehead atoms. The Kier molecular flexibility index (Phi) is 6.49. The molecule has 1 N–H and O–H groups in total. The molecule has 0 saturated heterocycles. The molecule has 0 unspecified atom stereocenters. The molecule has 0 fully saturated rings. The van der Waals surface area contributed by atoms with E-state index in [9.17, 15) is 4.79 Å². The Morgan fingerprint density at radius 3 is 2.67 bits per heavy atom. The topological polar surface area (TPSA) is 69.0 Å². The molecule has 2 rings (SSSR count).